The molecule has 1 aliphatic rings. The molecule has 0 aliphatic carbocycles. The molecule has 4 N–H and O–H groups in total. The highest BCUT2D eigenvalue weighted by Crippen LogP contribution is 2.34. The molecule has 47 heavy (non-hydrogen) atoms. The van der Waals surface area contributed by atoms with Crippen molar-refractivity contribution in [2.75, 3.05) is 45.7 Å². The van der Waals surface area contributed by atoms with Crippen LogP contribution in [0.25, 0.3) is 55.8 Å². The number of ether oxygens (including phenoxy) is 1. The number of hydrogen-bond acceptors (Lipinski definition) is 8. The van der Waals surface area contributed by atoms with Crippen LogP contribution in [0.15, 0.2) is 67.1 Å². The number of likely N-dealkylation sites (N-methyl/N-ethyl adjacent to an activating group) is 1. The highest BCUT2D eigenvalue weighted by molar-refractivity contribution is 5.98. The van der Waals surface area contributed by atoms with Crippen LogP contribution < -0.4 is 15.4 Å². The van der Waals surface area contributed by atoms with Gasteiger partial charge in [0.05, 0.1) is 40.3 Å². The number of nitrogens with one attached hydrogen (secondary N) is 4. The van der Waals surface area contributed by atoms with Gasteiger partial charge in [-0.3, -0.25) is 19.9 Å². The second-order valence-electron chi connectivity index (χ2n) is 12.2. The number of para-hydroxylation sites is 1. The normalized spacial score (nSPS) is 13.9. The lowest BCUT2D eigenvalue weighted by Crippen LogP contribution is -2.30. The van der Waals surface area contributed by atoms with Crippen molar-refractivity contribution in [1.82, 2.24) is 40.3 Å². The Morgan fingerprint density at radius 1 is 1.04 bits per heavy atom. The van der Waals surface area contributed by atoms with E-state index in [2.05, 4.69) is 35.8 Å². The molecule has 1 amide bonds. The number of pyridine rings is 2. The van der Waals surface area contributed by atoms with Crippen LogP contribution in [0.3, 0.4) is 0 Å². The van der Waals surface area contributed by atoms with Gasteiger partial charge in [0.1, 0.15) is 23.9 Å². The fourth-order valence-electron chi connectivity index (χ4n) is 5.99. The quantitative estimate of drug-likeness (QED) is 0.152. The summed E-state index contributed by atoms with van der Waals surface area (Å²) in [5, 5.41) is 14.8. The molecule has 1 saturated heterocycles. The number of piperidine rings is 1. The standard InChI is InChI=1S/C35H36FN9O2/c1-45(2)10-11-47-26-15-22(13-24(36)16-26)27-4-3-5-29-33(27)42-35(41-29)34-28-17-30(39-20-31(28)43-44-34)23-14-25(19-38-18-23)40-32(46)12-21-6-8-37-9-7-21/h3-5,13-21,37H,6-12H2,1-2H3,(H,40,46)(H,41,42)(H,43,44). The number of amides is 1. The molecule has 0 radical (unpaired) electrons. The number of aromatic nitrogens is 6. The molecule has 6 aromatic rings. The number of aromatic amines is 2. The van der Waals surface area contributed by atoms with Crippen LogP contribution in [-0.4, -0.2) is 81.3 Å². The maximum atomic E-state index is 14.7. The van der Waals surface area contributed by atoms with Gasteiger partial charge in [-0.1, -0.05) is 12.1 Å². The second-order valence-corrected chi connectivity index (χ2v) is 12.2. The van der Waals surface area contributed by atoms with Crippen molar-refractivity contribution in [2.24, 2.45) is 5.92 Å². The van der Waals surface area contributed by atoms with E-state index in [1.54, 1.807) is 18.6 Å². The Kier molecular flexibility index (Phi) is 8.60. The molecular weight excluding hydrogens is 597 g/mol. The summed E-state index contributed by atoms with van der Waals surface area (Å²) < 4.78 is 20.5. The summed E-state index contributed by atoms with van der Waals surface area (Å²) in [5.41, 5.74) is 6.36. The molecule has 5 heterocycles. The zero-order valence-corrected chi connectivity index (χ0v) is 26.3. The number of anilines is 1. The van der Waals surface area contributed by atoms with Crippen molar-refractivity contribution in [1.29, 1.82) is 0 Å². The molecule has 7 rings (SSSR count). The minimum absolute atomic E-state index is 0.00745. The molecule has 4 aromatic heterocycles. The number of rotatable bonds is 10. The van der Waals surface area contributed by atoms with E-state index in [0.717, 1.165) is 60.0 Å². The summed E-state index contributed by atoms with van der Waals surface area (Å²) in [6.07, 6.45) is 7.61. The van der Waals surface area contributed by atoms with Gasteiger partial charge >= 0.3 is 0 Å². The van der Waals surface area contributed by atoms with Gasteiger partial charge in [-0.05, 0) is 81.8 Å². The molecule has 2 aromatic carbocycles. The van der Waals surface area contributed by atoms with Gasteiger partial charge < -0.3 is 25.3 Å². The summed E-state index contributed by atoms with van der Waals surface area (Å²) >= 11 is 0. The zero-order valence-electron chi connectivity index (χ0n) is 26.3. The average Bonchev–Trinajstić information content (AvgIpc) is 3.69. The number of carbonyl (C=O) groups is 1. The van der Waals surface area contributed by atoms with Gasteiger partial charge in [-0.25, -0.2) is 9.37 Å². The monoisotopic (exact) mass is 633 g/mol. The lowest BCUT2D eigenvalue weighted by Gasteiger charge is -2.21. The molecule has 0 unspecified atom stereocenters. The van der Waals surface area contributed by atoms with Crippen LogP contribution in [0.1, 0.15) is 19.3 Å². The number of benzene rings is 2. The average molecular weight is 634 g/mol. The third-order valence-corrected chi connectivity index (χ3v) is 8.42. The Balaban J connectivity index is 1.16. The molecule has 1 fully saturated rings. The summed E-state index contributed by atoms with van der Waals surface area (Å²) in [4.78, 5) is 32.1. The Bertz CT molecular complexity index is 2050. The van der Waals surface area contributed by atoms with Crippen molar-refractivity contribution in [3.63, 3.8) is 0 Å². The van der Waals surface area contributed by atoms with Crippen LogP contribution >= 0.6 is 0 Å². The van der Waals surface area contributed by atoms with E-state index in [1.165, 1.54) is 12.1 Å². The SMILES string of the molecule is CN(C)CCOc1cc(F)cc(-c2cccc3[nH]c(-c4n[nH]c5cnc(-c6cncc(NC(=O)CC7CCNCC7)c6)cc45)nc23)c1. The predicted molar refractivity (Wildman–Crippen MR) is 180 cm³/mol. The highest BCUT2D eigenvalue weighted by atomic mass is 19.1. The lowest BCUT2D eigenvalue weighted by molar-refractivity contribution is -0.117. The lowest BCUT2D eigenvalue weighted by atomic mass is 9.94. The van der Waals surface area contributed by atoms with Crippen molar-refractivity contribution >= 4 is 33.5 Å². The van der Waals surface area contributed by atoms with E-state index >= 15 is 0 Å². The Hall–Kier alpha value is -5.20. The Morgan fingerprint density at radius 3 is 2.77 bits per heavy atom. The largest absolute Gasteiger partial charge is 0.492 e. The number of halogens is 1. The number of nitrogens with zero attached hydrogens (tertiary/aromatic N) is 5. The topological polar surface area (TPSA) is 137 Å². The summed E-state index contributed by atoms with van der Waals surface area (Å²) in [6, 6.07) is 14.3. The van der Waals surface area contributed by atoms with Crippen LogP contribution in [0, 0.1) is 11.7 Å². The smallest absolute Gasteiger partial charge is 0.224 e. The summed E-state index contributed by atoms with van der Waals surface area (Å²) in [5.74, 6) is 1.03. The van der Waals surface area contributed by atoms with Crippen molar-refractivity contribution in [2.45, 2.75) is 19.3 Å². The summed E-state index contributed by atoms with van der Waals surface area (Å²) in [6.45, 7) is 3.07. The van der Waals surface area contributed by atoms with E-state index in [1.807, 2.05) is 55.4 Å². The van der Waals surface area contributed by atoms with Crippen LogP contribution in [0.4, 0.5) is 10.1 Å². The highest BCUT2D eigenvalue weighted by Gasteiger charge is 2.19. The van der Waals surface area contributed by atoms with E-state index < -0.39 is 0 Å². The van der Waals surface area contributed by atoms with Gasteiger partial charge in [0.25, 0.3) is 0 Å². The minimum Gasteiger partial charge on any atom is -0.492 e. The second kappa shape index (κ2) is 13.3. The fraction of sp³-hybridized carbons (Fsp3) is 0.286. The third kappa shape index (κ3) is 6.83. The number of imidazole rings is 1. The Labute approximate surface area is 271 Å². The van der Waals surface area contributed by atoms with Crippen LogP contribution in [0.5, 0.6) is 5.75 Å². The molecule has 0 saturated carbocycles. The maximum absolute atomic E-state index is 14.7. The molecule has 1 aliphatic heterocycles. The molecule has 0 atom stereocenters. The fourth-order valence-corrected chi connectivity index (χ4v) is 5.99. The molecule has 12 heteroatoms. The van der Waals surface area contributed by atoms with Crippen molar-refractivity contribution in [3.8, 4) is 39.7 Å². The van der Waals surface area contributed by atoms with Crippen LogP contribution in [-0.2, 0) is 4.79 Å². The van der Waals surface area contributed by atoms with Gasteiger partial charge in [-0.2, -0.15) is 5.10 Å². The van der Waals surface area contributed by atoms with Crippen molar-refractivity contribution < 1.29 is 13.9 Å². The van der Waals surface area contributed by atoms with Crippen molar-refractivity contribution in [3.05, 3.63) is 72.9 Å². The molecular formula is C35H36FN9O2. The van der Waals surface area contributed by atoms with Crippen LogP contribution in [0.2, 0.25) is 0 Å². The maximum Gasteiger partial charge on any atom is 0.224 e. The first-order valence-electron chi connectivity index (χ1n) is 15.8. The molecule has 0 bridgehead atoms. The van der Waals surface area contributed by atoms with Gasteiger partial charge in [0, 0.05) is 41.7 Å². The number of carbonyl (C=O) groups excluding carboxylic acids is 1. The number of H-pyrrole nitrogens is 2. The molecule has 240 valence electrons. The number of hydrogen-bond donors (Lipinski definition) is 4. The first-order chi connectivity index (χ1) is 22.9. The first-order valence-corrected chi connectivity index (χ1v) is 15.8. The van der Waals surface area contributed by atoms with E-state index in [4.69, 9.17) is 9.72 Å². The third-order valence-electron chi connectivity index (χ3n) is 8.42. The predicted octanol–water partition coefficient (Wildman–Crippen LogP) is 5.64. The van der Waals surface area contributed by atoms with Gasteiger partial charge in [0.15, 0.2) is 5.82 Å². The van der Waals surface area contributed by atoms with Gasteiger partial charge in [-0.15, -0.1) is 0 Å². The molecule has 11 nitrogen and oxygen atoms in total. The number of fused-ring (bicyclic) bond motifs is 2. The summed E-state index contributed by atoms with van der Waals surface area (Å²) in [7, 11) is 3.92. The molecule has 0 spiro atoms. The van der Waals surface area contributed by atoms with E-state index in [-0.39, 0.29) is 11.7 Å². The van der Waals surface area contributed by atoms with E-state index in [9.17, 15) is 9.18 Å². The minimum atomic E-state index is -0.381. The van der Waals surface area contributed by atoms with Gasteiger partial charge in [0.2, 0.25) is 5.91 Å². The zero-order chi connectivity index (χ0) is 32.3. The van der Waals surface area contributed by atoms with E-state index in [0.29, 0.717) is 58.7 Å². The first kappa shape index (κ1) is 30.5. The Morgan fingerprint density at radius 2 is 1.91 bits per heavy atom.